The van der Waals surface area contributed by atoms with Gasteiger partial charge in [0.2, 0.25) is 11.8 Å². The molecule has 152 valence electrons. The largest absolute Gasteiger partial charge is 0.373 e. The Kier molecular flexibility index (Phi) is 6.25. The van der Waals surface area contributed by atoms with Gasteiger partial charge in [-0.05, 0) is 24.0 Å². The van der Waals surface area contributed by atoms with E-state index in [2.05, 4.69) is 24.3 Å². The number of hydrogen-bond donors (Lipinski definition) is 0. The van der Waals surface area contributed by atoms with Crippen molar-refractivity contribution in [1.29, 1.82) is 0 Å². The zero-order valence-corrected chi connectivity index (χ0v) is 16.7. The molecule has 4 rings (SSSR count). The Morgan fingerprint density at radius 3 is 2.31 bits per heavy atom. The van der Waals surface area contributed by atoms with E-state index in [9.17, 15) is 9.59 Å². The molecule has 2 aromatic carbocycles. The van der Waals surface area contributed by atoms with E-state index in [-0.39, 0.29) is 30.4 Å². The van der Waals surface area contributed by atoms with Crippen LogP contribution in [0.3, 0.4) is 0 Å². The number of amides is 2. The van der Waals surface area contributed by atoms with E-state index in [4.69, 9.17) is 4.74 Å². The summed E-state index contributed by atoms with van der Waals surface area (Å²) >= 11 is 0. The molecule has 0 saturated carbocycles. The topological polar surface area (TPSA) is 49.9 Å². The van der Waals surface area contributed by atoms with Gasteiger partial charge in [0, 0.05) is 32.0 Å². The Balaban J connectivity index is 1.22. The van der Waals surface area contributed by atoms with Crippen molar-refractivity contribution >= 4 is 11.8 Å². The highest BCUT2D eigenvalue weighted by Gasteiger charge is 2.33. The van der Waals surface area contributed by atoms with E-state index in [1.54, 1.807) is 4.90 Å². The lowest BCUT2D eigenvalue weighted by molar-refractivity contribution is -0.140. The van der Waals surface area contributed by atoms with Crippen molar-refractivity contribution < 1.29 is 14.3 Å². The molecular weight excluding hydrogens is 364 g/mol. The van der Waals surface area contributed by atoms with Crippen LogP contribution in [0.15, 0.2) is 60.7 Å². The molecule has 1 atom stereocenters. The zero-order chi connectivity index (χ0) is 20.1. The second-order valence-electron chi connectivity index (χ2n) is 7.96. The predicted octanol–water partition coefficient (Wildman–Crippen LogP) is 3.21. The van der Waals surface area contributed by atoms with E-state index in [0.29, 0.717) is 32.7 Å². The molecule has 0 aromatic heterocycles. The molecule has 2 aromatic rings. The first-order chi connectivity index (χ1) is 14.2. The molecule has 0 radical (unpaired) electrons. The predicted molar refractivity (Wildman–Crippen MR) is 111 cm³/mol. The third kappa shape index (κ3) is 5.04. The van der Waals surface area contributed by atoms with Crippen LogP contribution in [-0.2, 0) is 20.9 Å². The summed E-state index contributed by atoms with van der Waals surface area (Å²) in [5, 5.41) is 0. The lowest BCUT2D eigenvalue weighted by Gasteiger charge is -2.33. The van der Waals surface area contributed by atoms with Gasteiger partial charge in [0.1, 0.15) is 0 Å². The van der Waals surface area contributed by atoms with Crippen molar-refractivity contribution in [2.75, 3.05) is 26.2 Å². The molecule has 2 fully saturated rings. The number of piperidine rings is 1. The van der Waals surface area contributed by atoms with Crippen LogP contribution in [0.1, 0.15) is 36.3 Å². The van der Waals surface area contributed by atoms with Crippen LogP contribution in [0.4, 0.5) is 0 Å². The number of likely N-dealkylation sites (tertiary alicyclic amines) is 2. The number of rotatable bonds is 6. The van der Waals surface area contributed by atoms with Crippen molar-refractivity contribution in [3.05, 3.63) is 71.8 Å². The summed E-state index contributed by atoms with van der Waals surface area (Å²) in [6.07, 6.45) is 2.38. The summed E-state index contributed by atoms with van der Waals surface area (Å²) in [7, 11) is 0. The van der Waals surface area contributed by atoms with Crippen LogP contribution in [0, 0.1) is 0 Å². The van der Waals surface area contributed by atoms with E-state index in [0.717, 1.165) is 12.8 Å². The molecule has 2 aliphatic heterocycles. The van der Waals surface area contributed by atoms with Crippen LogP contribution in [0.2, 0.25) is 0 Å². The molecule has 0 bridgehead atoms. The fourth-order valence-corrected chi connectivity index (χ4v) is 4.20. The molecule has 0 N–H and O–H groups in total. The van der Waals surface area contributed by atoms with Crippen LogP contribution < -0.4 is 0 Å². The van der Waals surface area contributed by atoms with Crippen molar-refractivity contribution in [2.24, 2.45) is 0 Å². The normalized spacial score (nSPS) is 20.3. The molecule has 0 spiro atoms. The highest BCUT2D eigenvalue weighted by atomic mass is 16.5. The van der Waals surface area contributed by atoms with E-state index in [1.165, 1.54) is 11.1 Å². The molecule has 2 heterocycles. The minimum absolute atomic E-state index is 0.0496. The lowest BCUT2D eigenvalue weighted by atomic mass is 9.99. The Bertz CT molecular complexity index is 817. The second kappa shape index (κ2) is 9.23. The molecule has 0 aliphatic carbocycles. The van der Waals surface area contributed by atoms with Crippen molar-refractivity contribution in [2.45, 2.75) is 37.9 Å². The molecule has 5 heteroatoms. The first kappa shape index (κ1) is 19.6. The maximum absolute atomic E-state index is 12.7. The number of nitrogens with zero attached hydrogens (tertiary/aromatic N) is 2. The Labute approximate surface area is 172 Å². The van der Waals surface area contributed by atoms with Gasteiger partial charge in [-0.15, -0.1) is 0 Å². The summed E-state index contributed by atoms with van der Waals surface area (Å²) in [5.74, 6) is 0.315. The minimum atomic E-state index is 0.0496. The van der Waals surface area contributed by atoms with Gasteiger partial charge in [0.15, 0.2) is 0 Å². The maximum Gasteiger partial charge on any atom is 0.242 e. The van der Waals surface area contributed by atoms with E-state index in [1.807, 2.05) is 41.3 Å². The summed E-state index contributed by atoms with van der Waals surface area (Å²) in [4.78, 5) is 28.7. The van der Waals surface area contributed by atoms with Crippen LogP contribution in [0.5, 0.6) is 0 Å². The molecule has 5 nitrogen and oxygen atoms in total. The Morgan fingerprint density at radius 2 is 1.62 bits per heavy atom. The van der Waals surface area contributed by atoms with Gasteiger partial charge >= 0.3 is 0 Å². The molecule has 29 heavy (non-hydrogen) atoms. The number of carbonyl (C=O) groups is 2. The summed E-state index contributed by atoms with van der Waals surface area (Å²) in [6, 6.07) is 20.3. The Hall–Kier alpha value is -2.66. The van der Waals surface area contributed by atoms with Crippen LogP contribution >= 0.6 is 0 Å². The van der Waals surface area contributed by atoms with Crippen LogP contribution in [0.25, 0.3) is 0 Å². The second-order valence-corrected chi connectivity index (χ2v) is 7.96. The fraction of sp³-hybridized carbons (Fsp3) is 0.417. The van der Waals surface area contributed by atoms with E-state index >= 15 is 0 Å². The van der Waals surface area contributed by atoms with Crippen molar-refractivity contribution in [3.8, 4) is 0 Å². The number of benzene rings is 2. The smallest absolute Gasteiger partial charge is 0.242 e. The fourth-order valence-electron chi connectivity index (χ4n) is 4.20. The van der Waals surface area contributed by atoms with Crippen molar-refractivity contribution in [3.63, 3.8) is 0 Å². The first-order valence-electron chi connectivity index (χ1n) is 10.4. The maximum atomic E-state index is 12.7. The summed E-state index contributed by atoms with van der Waals surface area (Å²) in [6.45, 7) is 2.83. The standard InChI is InChI=1S/C24H28N2O3/c27-23-15-21(20-9-5-2-6-10-20)16-26(23)17-24(28)25-13-11-22(12-14-25)29-18-19-7-3-1-4-8-19/h1-10,21-22H,11-18H2/t21-/m0/s1. The third-order valence-electron chi connectivity index (χ3n) is 5.93. The van der Waals surface area contributed by atoms with Gasteiger partial charge in [0.25, 0.3) is 0 Å². The zero-order valence-electron chi connectivity index (χ0n) is 16.7. The number of carbonyl (C=O) groups excluding carboxylic acids is 2. The van der Waals surface area contributed by atoms with Crippen molar-refractivity contribution in [1.82, 2.24) is 9.80 Å². The number of hydrogen-bond acceptors (Lipinski definition) is 3. The average Bonchev–Trinajstić information content (AvgIpc) is 3.14. The van der Waals surface area contributed by atoms with Gasteiger partial charge in [-0.3, -0.25) is 9.59 Å². The summed E-state index contributed by atoms with van der Waals surface area (Å²) in [5.41, 5.74) is 2.35. The number of ether oxygens (including phenoxy) is 1. The quantitative estimate of drug-likeness (QED) is 0.759. The molecule has 2 aliphatic rings. The molecular formula is C24H28N2O3. The average molecular weight is 392 g/mol. The SMILES string of the molecule is O=C(CN1C[C@@H](c2ccccc2)CC1=O)N1CCC(OCc2ccccc2)CC1. The monoisotopic (exact) mass is 392 g/mol. The molecule has 2 amide bonds. The van der Waals surface area contributed by atoms with Gasteiger partial charge in [-0.1, -0.05) is 60.7 Å². The van der Waals surface area contributed by atoms with Gasteiger partial charge in [-0.2, -0.15) is 0 Å². The highest BCUT2D eigenvalue weighted by Crippen LogP contribution is 2.28. The summed E-state index contributed by atoms with van der Waals surface area (Å²) < 4.78 is 6.01. The van der Waals surface area contributed by atoms with E-state index < -0.39 is 0 Å². The molecule has 2 saturated heterocycles. The van der Waals surface area contributed by atoms with Crippen LogP contribution in [-0.4, -0.2) is 53.9 Å². The molecule has 0 unspecified atom stereocenters. The minimum Gasteiger partial charge on any atom is -0.373 e. The van der Waals surface area contributed by atoms with Gasteiger partial charge in [0.05, 0.1) is 19.3 Å². The van der Waals surface area contributed by atoms with Gasteiger partial charge < -0.3 is 14.5 Å². The third-order valence-corrected chi connectivity index (χ3v) is 5.93. The first-order valence-corrected chi connectivity index (χ1v) is 10.4. The van der Waals surface area contributed by atoms with Gasteiger partial charge in [-0.25, -0.2) is 0 Å². The lowest BCUT2D eigenvalue weighted by Crippen LogP contribution is -2.45. The highest BCUT2D eigenvalue weighted by molar-refractivity contribution is 5.86. The Morgan fingerprint density at radius 1 is 0.966 bits per heavy atom.